The van der Waals surface area contributed by atoms with Crippen LogP contribution in [0.5, 0.6) is 0 Å². The summed E-state index contributed by atoms with van der Waals surface area (Å²) in [5.41, 5.74) is 0.403. The van der Waals surface area contributed by atoms with Gasteiger partial charge in [-0.1, -0.05) is 23.7 Å². The Kier molecular flexibility index (Phi) is 7.96. The number of nitrogens with zero attached hydrogens (tertiary/aromatic N) is 2. The van der Waals surface area contributed by atoms with Crippen molar-refractivity contribution < 1.29 is 26.8 Å². The number of halogens is 3. The number of benzene rings is 2. The molecule has 0 unspecified atom stereocenters. The van der Waals surface area contributed by atoms with Gasteiger partial charge in [0.05, 0.1) is 11.9 Å². The SMILES string of the molecule is CNC(=O)[C@H](C)N(Cc1cccc(Cl)c1)C(=O)CN(c1ccc(F)c(F)c1)S(C)(=O)=O. The van der Waals surface area contributed by atoms with E-state index in [1.807, 2.05) is 0 Å². The summed E-state index contributed by atoms with van der Waals surface area (Å²) in [6, 6.07) is 8.20. The van der Waals surface area contributed by atoms with Crippen molar-refractivity contribution in [2.24, 2.45) is 0 Å². The maximum Gasteiger partial charge on any atom is 0.244 e. The van der Waals surface area contributed by atoms with Crippen LogP contribution in [0.3, 0.4) is 0 Å². The third-order valence-corrected chi connectivity index (χ3v) is 5.90. The molecule has 0 saturated carbocycles. The fraction of sp³-hybridized carbons (Fsp3) is 0.300. The van der Waals surface area contributed by atoms with Crippen molar-refractivity contribution in [3.63, 3.8) is 0 Å². The average Bonchev–Trinajstić information content (AvgIpc) is 2.70. The average molecular weight is 474 g/mol. The van der Waals surface area contributed by atoms with Crippen molar-refractivity contribution in [1.82, 2.24) is 10.2 Å². The summed E-state index contributed by atoms with van der Waals surface area (Å²) in [4.78, 5) is 26.5. The van der Waals surface area contributed by atoms with E-state index in [-0.39, 0.29) is 12.2 Å². The maximum atomic E-state index is 13.7. The van der Waals surface area contributed by atoms with E-state index < -0.39 is 46.1 Å². The Balaban J connectivity index is 2.40. The lowest BCUT2D eigenvalue weighted by Gasteiger charge is -2.31. The first-order valence-corrected chi connectivity index (χ1v) is 11.3. The van der Waals surface area contributed by atoms with Crippen LogP contribution in [0.1, 0.15) is 12.5 Å². The van der Waals surface area contributed by atoms with Crippen molar-refractivity contribution in [2.75, 3.05) is 24.2 Å². The molecule has 11 heteroatoms. The van der Waals surface area contributed by atoms with Gasteiger partial charge < -0.3 is 10.2 Å². The van der Waals surface area contributed by atoms with Crippen LogP contribution in [-0.2, 0) is 26.2 Å². The van der Waals surface area contributed by atoms with E-state index in [2.05, 4.69) is 5.32 Å². The standard InChI is InChI=1S/C20H22ClF2N3O4S/c1-13(20(28)24-2)25(11-14-5-4-6-15(21)9-14)19(27)12-26(31(3,29)30)16-7-8-17(22)18(23)10-16/h4-10,13H,11-12H2,1-3H3,(H,24,28)/t13-/m0/s1. The number of anilines is 1. The molecule has 0 bridgehead atoms. The Hall–Kier alpha value is -2.72. The van der Waals surface area contributed by atoms with E-state index in [4.69, 9.17) is 11.6 Å². The number of sulfonamides is 1. The first-order chi connectivity index (χ1) is 14.4. The summed E-state index contributed by atoms with van der Waals surface area (Å²) in [6.07, 6.45) is 0.838. The fourth-order valence-corrected chi connectivity index (χ4v) is 3.93. The largest absolute Gasteiger partial charge is 0.357 e. The second kappa shape index (κ2) is 10.1. The minimum absolute atomic E-state index is 0.0244. The summed E-state index contributed by atoms with van der Waals surface area (Å²) in [6.45, 7) is 0.749. The third-order valence-electron chi connectivity index (χ3n) is 4.53. The van der Waals surface area contributed by atoms with Crippen LogP contribution in [0.2, 0.25) is 5.02 Å². The Morgan fingerprint density at radius 3 is 2.35 bits per heavy atom. The van der Waals surface area contributed by atoms with Gasteiger partial charge in [-0.15, -0.1) is 0 Å². The van der Waals surface area contributed by atoms with Gasteiger partial charge in [-0.25, -0.2) is 17.2 Å². The molecule has 0 aliphatic carbocycles. The molecule has 0 radical (unpaired) electrons. The van der Waals surface area contributed by atoms with Crippen molar-refractivity contribution in [2.45, 2.75) is 19.5 Å². The Labute approximate surface area is 184 Å². The summed E-state index contributed by atoms with van der Waals surface area (Å²) >= 11 is 5.99. The number of carbonyl (C=O) groups excluding carboxylic acids is 2. The summed E-state index contributed by atoms with van der Waals surface area (Å²) in [5, 5.41) is 2.87. The number of carbonyl (C=O) groups is 2. The molecule has 0 fully saturated rings. The Morgan fingerprint density at radius 1 is 1.13 bits per heavy atom. The molecular formula is C20H22ClF2N3O4S. The van der Waals surface area contributed by atoms with Gasteiger partial charge in [0.1, 0.15) is 12.6 Å². The Morgan fingerprint density at radius 2 is 1.81 bits per heavy atom. The van der Waals surface area contributed by atoms with Gasteiger partial charge in [-0.3, -0.25) is 13.9 Å². The van der Waals surface area contributed by atoms with Crippen LogP contribution < -0.4 is 9.62 Å². The Bertz CT molecular complexity index is 1080. The van der Waals surface area contributed by atoms with E-state index in [1.54, 1.807) is 24.3 Å². The zero-order chi connectivity index (χ0) is 23.3. The topological polar surface area (TPSA) is 86.8 Å². The van der Waals surface area contributed by atoms with E-state index in [1.165, 1.54) is 18.9 Å². The van der Waals surface area contributed by atoms with E-state index in [9.17, 15) is 26.8 Å². The molecule has 31 heavy (non-hydrogen) atoms. The van der Waals surface area contributed by atoms with E-state index in [0.717, 1.165) is 18.4 Å². The molecule has 7 nitrogen and oxygen atoms in total. The van der Waals surface area contributed by atoms with Crippen LogP contribution in [0.25, 0.3) is 0 Å². The minimum atomic E-state index is -4.03. The fourth-order valence-electron chi connectivity index (χ4n) is 2.88. The highest BCUT2D eigenvalue weighted by molar-refractivity contribution is 7.92. The van der Waals surface area contributed by atoms with Crippen LogP contribution in [-0.4, -0.2) is 51.0 Å². The summed E-state index contributed by atoms with van der Waals surface area (Å²) in [5.74, 6) is -3.59. The second-order valence-electron chi connectivity index (χ2n) is 6.81. The first-order valence-electron chi connectivity index (χ1n) is 9.12. The van der Waals surface area contributed by atoms with Crippen molar-refractivity contribution in [3.05, 3.63) is 64.7 Å². The highest BCUT2D eigenvalue weighted by atomic mass is 35.5. The lowest BCUT2D eigenvalue weighted by atomic mass is 10.1. The molecule has 2 amide bonds. The summed E-state index contributed by atoms with van der Waals surface area (Å²) < 4.78 is 52.2. The highest BCUT2D eigenvalue weighted by Gasteiger charge is 2.30. The number of likely N-dealkylation sites (N-methyl/N-ethyl adjacent to an activating group) is 1. The lowest BCUT2D eigenvalue weighted by Crippen LogP contribution is -2.50. The molecule has 2 rings (SSSR count). The normalized spacial score (nSPS) is 12.2. The molecule has 0 aromatic heterocycles. The van der Waals surface area contributed by atoms with Gasteiger partial charge in [-0.05, 0) is 36.8 Å². The second-order valence-corrected chi connectivity index (χ2v) is 9.15. The number of rotatable bonds is 8. The molecule has 0 aliphatic rings. The molecule has 1 atom stereocenters. The molecule has 2 aromatic carbocycles. The monoisotopic (exact) mass is 473 g/mol. The third kappa shape index (κ3) is 6.38. The molecule has 2 aromatic rings. The van der Waals surface area contributed by atoms with Gasteiger partial charge in [0.2, 0.25) is 21.8 Å². The molecule has 0 heterocycles. The molecule has 0 spiro atoms. The van der Waals surface area contributed by atoms with E-state index >= 15 is 0 Å². The molecule has 168 valence electrons. The highest BCUT2D eigenvalue weighted by Crippen LogP contribution is 2.22. The van der Waals surface area contributed by atoms with Gasteiger partial charge in [-0.2, -0.15) is 0 Å². The van der Waals surface area contributed by atoms with E-state index in [0.29, 0.717) is 21.0 Å². The molecule has 0 saturated heterocycles. The van der Waals surface area contributed by atoms with Crippen molar-refractivity contribution in [3.8, 4) is 0 Å². The number of amides is 2. The molecular weight excluding hydrogens is 452 g/mol. The van der Waals surface area contributed by atoms with Gasteiger partial charge in [0.15, 0.2) is 11.6 Å². The molecule has 0 aliphatic heterocycles. The minimum Gasteiger partial charge on any atom is -0.357 e. The van der Waals surface area contributed by atoms with Crippen LogP contribution in [0.4, 0.5) is 14.5 Å². The van der Waals surface area contributed by atoms with Gasteiger partial charge >= 0.3 is 0 Å². The summed E-state index contributed by atoms with van der Waals surface area (Å²) in [7, 11) is -2.62. The van der Waals surface area contributed by atoms with Crippen LogP contribution in [0.15, 0.2) is 42.5 Å². The van der Waals surface area contributed by atoms with Crippen molar-refractivity contribution >= 4 is 39.1 Å². The van der Waals surface area contributed by atoms with Crippen molar-refractivity contribution in [1.29, 1.82) is 0 Å². The zero-order valence-electron chi connectivity index (χ0n) is 17.1. The number of hydrogen-bond acceptors (Lipinski definition) is 4. The maximum absolute atomic E-state index is 13.7. The number of nitrogens with one attached hydrogen (secondary N) is 1. The van der Waals surface area contributed by atoms with Crippen LogP contribution >= 0.6 is 11.6 Å². The zero-order valence-corrected chi connectivity index (χ0v) is 18.7. The van der Waals surface area contributed by atoms with Crippen LogP contribution in [0, 0.1) is 11.6 Å². The predicted octanol–water partition coefficient (Wildman–Crippen LogP) is 2.55. The first kappa shape index (κ1) is 24.5. The smallest absolute Gasteiger partial charge is 0.244 e. The van der Waals surface area contributed by atoms with Gasteiger partial charge in [0.25, 0.3) is 0 Å². The lowest BCUT2D eigenvalue weighted by molar-refractivity contribution is -0.139. The molecule has 1 N–H and O–H groups in total. The van der Waals surface area contributed by atoms with Gasteiger partial charge in [0, 0.05) is 24.7 Å². The predicted molar refractivity (Wildman–Crippen MR) is 114 cm³/mol. The quantitative estimate of drug-likeness (QED) is 0.638. The number of hydrogen-bond donors (Lipinski definition) is 1.